The van der Waals surface area contributed by atoms with Crippen LogP contribution in [0, 0.1) is 0 Å². The molecule has 1 heterocycles. The number of pyridine rings is 1. The summed E-state index contributed by atoms with van der Waals surface area (Å²) in [4.78, 5) is 11.2. The van der Waals surface area contributed by atoms with Crippen LogP contribution in [0.2, 0.25) is 0 Å². The lowest BCUT2D eigenvalue weighted by Crippen LogP contribution is -2.25. The molecule has 0 N–H and O–H groups in total. The van der Waals surface area contributed by atoms with E-state index in [1.807, 2.05) is 0 Å². The van der Waals surface area contributed by atoms with Gasteiger partial charge in [-0.3, -0.25) is 4.79 Å². The molecule has 0 saturated carbocycles. The Morgan fingerprint density at radius 2 is 2.00 bits per heavy atom. The molecule has 0 aliphatic rings. The third-order valence-electron chi connectivity index (χ3n) is 1.76. The standard InChI is InChI=1S/C8H10ClNO3S/c1-6(2)10-5-3-4-7(8(10)11)14(9,12)13/h3-6H,1-2H3. The summed E-state index contributed by atoms with van der Waals surface area (Å²) in [5.41, 5.74) is -0.586. The molecule has 1 aromatic rings. The molecule has 0 spiro atoms. The first-order valence-electron chi connectivity index (χ1n) is 4.00. The third-order valence-corrected chi connectivity index (χ3v) is 3.09. The van der Waals surface area contributed by atoms with Crippen LogP contribution >= 0.6 is 10.7 Å². The van der Waals surface area contributed by atoms with Crippen LogP contribution in [-0.4, -0.2) is 13.0 Å². The van der Waals surface area contributed by atoms with Gasteiger partial charge in [-0.1, -0.05) is 0 Å². The number of hydrogen-bond acceptors (Lipinski definition) is 3. The van der Waals surface area contributed by atoms with Gasteiger partial charge < -0.3 is 4.57 Å². The van der Waals surface area contributed by atoms with Crippen molar-refractivity contribution in [3.8, 4) is 0 Å². The van der Waals surface area contributed by atoms with Crippen LogP contribution in [0.4, 0.5) is 0 Å². The van der Waals surface area contributed by atoms with Gasteiger partial charge in [0.25, 0.3) is 14.6 Å². The van der Waals surface area contributed by atoms with Crippen molar-refractivity contribution in [3.63, 3.8) is 0 Å². The van der Waals surface area contributed by atoms with Crippen molar-refractivity contribution >= 4 is 19.7 Å². The van der Waals surface area contributed by atoms with Gasteiger partial charge in [0, 0.05) is 22.9 Å². The topological polar surface area (TPSA) is 56.1 Å². The maximum Gasteiger partial charge on any atom is 0.270 e. The van der Waals surface area contributed by atoms with Crippen LogP contribution in [0.3, 0.4) is 0 Å². The minimum Gasteiger partial charge on any atom is -0.312 e. The first-order chi connectivity index (χ1) is 6.34. The molecule has 0 aliphatic carbocycles. The van der Waals surface area contributed by atoms with Crippen molar-refractivity contribution in [1.29, 1.82) is 0 Å². The average molecular weight is 236 g/mol. The number of nitrogens with zero attached hydrogens (tertiary/aromatic N) is 1. The van der Waals surface area contributed by atoms with Crippen LogP contribution in [0.15, 0.2) is 28.0 Å². The average Bonchev–Trinajstić information content (AvgIpc) is 2.01. The van der Waals surface area contributed by atoms with Gasteiger partial charge in [-0.05, 0) is 26.0 Å². The summed E-state index contributed by atoms with van der Waals surface area (Å²) >= 11 is 0. The Morgan fingerprint density at radius 3 is 2.43 bits per heavy atom. The molecule has 0 unspecified atom stereocenters. The van der Waals surface area contributed by atoms with Gasteiger partial charge in [0.2, 0.25) is 0 Å². The molecule has 0 aromatic carbocycles. The predicted molar refractivity (Wildman–Crippen MR) is 54.1 cm³/mol. The summed E-state index contributed by atoms with van der Waals surface area (Å²) in [5.74, 6) is 0. The zero-order valence-electron chi connectivity index (χ0n) is 7.77. The van der Waals surface area contributed by atoms with Crippen LogP contribution < -0.4 is 5.56 Å². The van der Waals surface area contributed by atoms with E-state index < -0.39 is 14.6 Å². The van der Waals surface area contributed by atoms with Gasteiger partial charge in [0.15, 0.2) is 0 Å². The highest BCUT2D eigenvalue weighted by Crippen LogP contribution is 2.10. The molecule has 1 aromatic heterocycles. The van der Waals surface area contributed by atoms with Crippen molar-refractivity contribution < 1.29 is 8.42 Å². The number of aromatic nitrogens is 1. The Balaban J connectivity index is 3.52. The van der Waals surface area contributed by atoms with E-state index >= 15 is 0 Å². The molecule has 0 saturated heterocycles. The van der Waals surface area contributed by atoms with E-state index in [9.17, 15) is 13.2 Å². The quantitative estimate of drug-likeness (QED) is 0.728. The zero-order valence-corrected chi connectivity index (χ0v) is 9.34. The number of rotatable bonds is 2. The Bertz CT molecular complexity index is 490. The van der Waals surface area contributed by atoms with Crippen LogP contribution in [0.5, 0.6) is 0 Å². The van der Waals surface area contributed by atoms with E-state index in [2.05, 4.69) is 0 Å². The highest BCUT2D eigenvalue weighted by atomic mass is 35.7. The second-order valence-electron chi connectivity index (χ2n) is 3.12. The van der Waals surface area contributed by atoms with E-state index in [-0.39, 0.29) is 10.9 Å². The fourth-order valence-corrected chi connectivity index (χ4v) is 1.99. The van der Waals surface area contributed by atoms with E-state index in [1.165, 1.54) is 22.9 Å². The molecule has 0 bridgehead atoms. The molecule has 1 rings (SSSR count). The van der Waals surface area contributed by atoms with Crippen LogP contribution in [0.25, 0.3) is 0 Å². The monoisotopic (exact) mass is 235 g/mol. The normalized spacial score (nSPS) is 12.0. The maximum absolute atomic E-state index is 11.6. The maximum atomic E-state index is 11.6. The molecule has 6 heteroatoms. The first-order valence-corrected chi connectivity index (χ1v) is 6.31. The molecule has 0 radical (unpaired) electrons. The lowest BCUT2D eigenvalue weighted by atomic mass is 10.3. The van der Waals surface area contributed by atoms with Crippen molar-refractivity contribution in [2.75, 3.05) is 0 Å². The van der Waals surface area contributed by atoms with E-state index in [1.54, 1.807) is 13.8 Å². The summed E-state index contributed by atoms with van der Waals surface area (Å²) < 4.78 is 23.3. The Hall–Kier alpha value is -0.810. The van der Waals surface area contributed by atoms with Crippen LogP contribution in [0.1, 0.15) is 19.9 Å². The van der Waals surface area contributed by atoms with Gasteiger partial charge in [0.1, 0.15) is 4.90 Å². The third kappa shape index (κ3) is 2.16. The lowest BCUT2D eigenvalue weighted by Gasteiger charge is -2.09. The largest absolute Gasteiger partial charge is 0.312 e. The van der Waals surface area contributed by atoms with Crippen molar-refractivity contribution in [1.82, 2.24) is 4.57 Å². The van der Waals surface area contributed by atoms with Gasteiger partial charge in [0.05, 0.1) is 0 Å². The molecule has 0 fully saturated rings. The minimum atomic E-state index is -3.95. The number of hydrogen-bond donors (Lipinski definition) is 0. The lowest BCUT2D eigenvalue weighted by molar-refractivity contribution is 0.563. The molecular weight excluding hydrogens is 226 g/mol. The van der Waals surface area contributed by atoms with Crippen LogP contribution in [-0.2, 0) is 9.05 Å². The smallest absolute Gasteiger partial charge is 0.270 e. The van der Waals surface area contributed by atoms with E-state index in [0.717, 1.165) is 0 Å². The molecule has 0 aliphatic heterocycles. The van der Waals surface area contributed by atoms with Crippen molar-refractivity contribution in [2.45, 2.75) is 24.8 Å². The Labute approximate surface area is 86.5 Å². The fourth-order valence-electron chi connectivity index (χ4n) is 1.08. The second kappa shape index (κ2) is 3.74. The minimum absolute atomic E-state index is 0.0964. The zero-order chi connectivity index (χ0) is 10.9. The highest BCUT2D eigenvalue weighted by Gasteiger charge is 2.16. The summed E-state index contributed by atoms with van der Waals surface area (Å²) in [6.45, 7) is 3.57. The first kappa shape index (κ1) is 11.3. The van der Waals surface area contributed by atoms with Gasteiger partial charge >= 0.3 is 0 Å². The molecule has 14 heavy (non-hydrogen) atoms. The summed E-state index contributed by atoms with van der Waals surface area (Å²) in [6.07, 6.45) is 1.53. The van der Waals surface area contributed by atoms with Crippen molar-refractivity contribution in [3.05, 3.63) is 28.7 Å². The van der Waals surface area contributed by atoms with Gasteiger partial charge in [-0.25, -0.2) is 8.42 Å². The Morgan fingerprint density at radius 1 is 1.43 bits per heavy atom. The predicted octanol–water partition coefficient (Wildman–Crippen LogP) is 1.36. The van der Waals surface area contributed by atoms with E-state index in [4.69, 9.17) is 10.7 Å². The Kier molecular flexibility index (Phi) is 3.01. The molecule has 0 atom stereocenters. The highest BCUT2D eigenvalue weighted by molar-refractivity contribution is 8.13. The van der Waals surface area contributed by atoms with E-state index in [0.29, 0.717) is 0 Å². The van der Waals surface area contributed by atoms with Crippen molar-refractivity contribution in [2.24, 2.45) is 0 Å². The number of halogens is 1. The SMILES string of the molecule is CC(C)n1cccc(S(=O)(=O)Cl)c1=O. The summed E-state index contributed by atoms with van der Waals surface area (Å²) in [6, 6.07) is 2.58. The molecule has 78 valence electrons. The second-order valence-corrected chi connectivity index (χ2v) is 5.65. The molecule has 0 amide bonds. The molecular formula is C8H10ClNO3S. The summed E-state index contributed by atoms with van der Waals surface area (Å²) in [5, 5.41) is 0. The summed E-state index contributed by atoms with van der Waals surface area (Å²) in [7, 11) is 1.15. The molecule has 4 nitrogen and oxygen atoms in total. The van der Waals surface area contributed by atoms with Gasteiger partial charge in [-0.2, -0.15) is 0 Å². The van der Waals surface area contributed by atoms with Gasteiger partial charge in [-0.15, -0.1) is 0 Å². The fraction of sp³-hybridized carbons (Fsp3) is 0.375.